The first-order chi connectivity index (χ1) is 13.0. The van der Waals surface area contributed by atoms with Gasteiger partial charge in [-0.25, -0.2) is 9.97 Å². The van der Waals surface area contributed by atoms with Crippen LogP contribution in [0.2, 0.25) is 5.02 Å². The average molecular weight is 399 g/mol. The van der Waals surface area contributed by atoms with Crippen LogP contribution in [0.25, 0.3) is 0 Å². The number of aryl methyl sites for hydroxylation is 2. The van der Waals surface area contributed by atoms with Crippen LogP contribution in [0.5, 0.6) is 0 Å². The van der Waals surface area contributed by atoms with E-state index in [9.17, 15) is 4.79 Å². The zero-order valence-electron chi connectivity index (χ0n) is 15.0. The summed E-state index contributed by atoms with van der Waals surface area (Å²) in [6.07, 6.45) is 0. The molecule has 0 saturated heterocycles. The minimum atomic E-state index is -0.145. The van der Waals surface area contributed by atoms with Crippen LogP contribution in [0.15, 0.2) is 64.6 Å². The summed E-state index contributed by atoms with van der Waals surface area (Å²) in [6, 6.07) is 16.8. The minimum Gasteiger partial charge on any atom is -0.375 e. The van der Waals surface area contributed by atoms with Gasteiger partial charge in [-0.2, -0.15) is 0 Å². The van der Waals surface area contributed by atoms with Crippen molar-refractivity contribution >= 4 is 40.6 Å². The molecule has 3 rings (SSSR count). The van der Waals surface area contributed by atoms with E-state index in [4.69, 9.17) is 11.6 Å². The highest BCUT2D eigenvalue weighted by atomic mass is 35.5. The fourth-order valence-corrected chi connectivity index (χ4v) is 3.50. The van der Waals surface area contributed by atoms with Crippen molar-refractivity contribution in [2.75, 3.05) is 17.2 Å². The number of para-hydroxylation sites is 1. The highest BCUT2D eigenvalue weighted by Gasteiger charge is 2.06. The maximum Gasteiger partial charge on any atom is 0.243 e. The summed E-state index contributed by atoms with van der Waals surface area (Å²) in [4.78, 5) is 22.0. The van der Waals surface area contributed by atoms with Gasteiger partial charge in [-0.3, -0.25) is 4.79 Å². The van der Waals surface area contributed by atoms with Crippen LogP contribution < -0.4 is 10.6 Å². The molecule has 0 atom stereocenters. The number of carbonyl (C=O) groups excluding carboxylic acids is 1. The van der Waals surface area contributed by atoms with Gasteiger partial charge in [0.1, 0.15) is 0 Å². The van der Waals surface area contributed by atoms with Crippen molar-refractivity contribution in [2.24, 2.45) is 0 Å². The molecule has 0 spiro atoms. The lowest BCUT2D eigenvalue weighted by Gasteiger charge is -2.09. The van der Waals surface area contributed by atoms with E-state index in [2.05, 4.69) is 20.6 Å². The first kappa shape index (κ1) is 19.2. The summed E-state index contributed by atoms with van der Waals surface area (Å²) in [7, 11) is 0. The number of hydrogen-bond donors (Lipinski definition) is 2. The summed E-state index contributed by atoms with van der Waals surface area (Å²) >= 11 is 7.56. The van der Waals surface area contributed by atoms with Crippen molar-refractivity contribution in [3.63, 3.8) is 0 Å². The van der Waals surface area contributed by atoms with Crippen LogP contribution in [-0.4, -0.2) is 22.4 Å². The SMILES string of the molecule is Cc1cc(C)nc(Sc2ccc(NC(=O)CNc3ccccc3Cl)cc2)n1. The van der Waals surface area contributed by atoms with Crippen molar-refractivity contribution < 1.29 is 4.79 Å². The smallest absolute Gasteiger partial charge is 0.243 e. The van der Waals surface area contributed by atoms with Crippen molar-refractivity contribution in [1.29, 1.82) is 0 Å². The van der Waals surface area contributed by atoms with Crippen LogP contribution in [0.4, 0.5) is 11.4 Å². The Morgan fingerprint density at radius 1 is 1.04 bits per heavy atom. The molecule has 0 aliphatic carbocycles. The second-order valence-corrected chi connectivity index (χ2v) is 7.39. The standard InChI is InChI=1S/C20H19ClN4OS/c1-13-11-14(2)24-20(23-13)27-16-9-7-15(8-10-16)25-19(26)12-22-18-6-4-3-5-17(18)21/h3-11,22H,12H2,1-2H3,(H,25,26). The summed E-state index contributed by atoms with van der Waals surface area (Å²) in [6.45, 7) is 4.04. The zero-order chi connectivity index (χ0) is 19.2. The van der Waals surface area contributed by atoms with Gasteiger partial charge in [0.25, 0.3) is 0 Å². The average Bonchev–Trinajstić information content (AvgIpc) is 2.62. The van der Waals surface area contributed by atoms with E-state index in [1.54, 1.807) is 6.07 Å². The number of amides is 1. The van der Waals surface area contributed by atoms with Gasteiger partial charge < -0.3 is 10.6 Å². The van der Waals surface area contributed by atoms with Crippen molar-refractivity contribution in [1.82, 2.24) is 9.97 Å². The first-order valence-electron chi connectivity index (χ1n) is 8.38. The minimum absolute atomic E-state index is 0.136. The second kappa shape index (κ2) is 8.88. The molecule has 0 fully saturated rings. The van der Waals surface area contributed by atoms with E-state index in [0.717, 1.165) is 27.7 Å². The predicted molar refractivity (Wildman–Crippen MR) is 111 cm³/mol. The van der Waals surface area contributed by atoms with E-state index in [1.807, 2.05) is 62.4 Å². The summed E-state index contributed by atoms with van der Waals surface area (Å²) in [5, 5.41) is 7.18. The number of hydrogen-bond acceptors (Lipinski definition) is 5. The highest BCUT2D eigenvalue weighted by Crippen LogP contribution is 2.26. The molecule has 138 valence electrons. The molecule has 27 heavy (non-hydrogen) atoms. The molecular weight excluding hydrogens is 380 g/mol. The number of anilines is 2. The molecule has 1 amide bonds. The summed E-state index contributed by atoms with van der Waals surface area (Å²) in [5.41, 5.74) is 3.35. The normalized spacial score (nSPS) is 10.5. The predicted octanol–water partition coefficient (Wildman–Crippen LogP) is 4.95. The van der Waals surface area contributed by atoms with E-state index in [0.29, 0.717) is 10.2 Å². The maximum atomic E-state index is 12.1. The van der Waals surface area contributed by atoms with Gasteiger partial charge in [0.2, 0.25) is 5.91 Å². The largest absolute Gasteiger partial charge is 0.375 e. The fraction of sp³-hybridized carbons (Fsp3) is 0.150. The Hall–Kier alpha value is -2.57. The molecule has 1 heterocycles. The Balaban J connectivity index is 1.55. The van der Waals surface area contributed by atoms with E-state index < -0.39 is 0 Å². The third-order valence-electron chi connectivity index (χ3n) is 3.62. The second-order valence-electron chi connectivity index (χ2n) is 5.94. The lowest BCUT2D eigenvalue weighted by Crippen LogP contribution is -2.21. The molecular formula is C20H19ClN4OS. The third-order valence-corrected chi connectivity index (χ3v) is 4.82. The van der Waals surface area contributed by atoms with Crippen molar-refractivity contribution in [3.8, 4) is 0 Å². The molecule has 5 nitrogen and oxygen atoms in total. The molecule has 0 aliphatic rings. The van der Waals surface area contributed by atoms with Gasteiger partial charge in [-0.05, 0) is 68.1 Å². The molecule has 3 aromatic rings. The maximum absolute atomic E-state index is 12.1. The molecule has 0 radical (unpaired) electrons. The summed E-state index contributed by atoms with van der Waals surface area (Å²) < 4.78 is 0. The van der Waals surface area contributed by atoms with Gasteiger partial charge in [-0.15, -0.1) is 0 Å². The molecule has 2 aromatic carbocycles. The zero-order valence-corrected chi connectivity index (χ0v) is 16.6. The number of carbonyl (C=O) groups is 1. The lowest BCUT2D eigenvalue weighted by molar-refractivity contribution is -0.114. The number of halogens is 1. The van der Waals surface area contributed by atoms with Gasteiger partial charge in [0.05, 0.1) is 17.3 Å². The number of nitrogens with zero attached hydrogens (tertiary/aromatic N) is 2. The van der Waals surface area contributed by atoms with E-state index >= 15 is 0 Å². The first-order valence-corrected chi connectivity index (χ1v) is 9.57. The molecule has 0 unspecified atom stereocenters. The molecule has 1 aromatic heterocycles. The van der Waals surface area contributed by atoms with Gasteiger partial charge in [0, 0.05) is 22.0 Å². The van der Waals surface area contributed by atoms with Crippen LogP contribution in [-0.2, 0) is 4.79 Å². The summed E-state index contributed by atoms with van der Waals surface area (Å²) in [5.74, 6) is -0.145. The van der Waals surface area contributed by atoms with Crippen LogP contribution in [0, 0.1) is 13.8 Å². The van der Waals surface area contributed by atoms with Gasteiger partial charge >= 0.3 is 0 Å². The molecule has 7 heteroatoms. The quantitative estimate of drug-likeness (QED) is 0.575. The Bertz CT molecular complexity index is 927. The van der Waals surface area contributed by atoms with Gasteiger partial charge in [0.15, 0.2) is 5.16 Å². The molecule has 2 N–H and O–H groups in total. The Labute approximate surface area is 167 Å². The number of rotatable bonds is 6. The number of nitrogens with one attached hydrogen (secondary N) is 2. The lowest BCUT2D eigenvalue weighted by atomic mass is 10.3. The monoisotopic (exact) mass is 398 g/mol. The molecule has 0 saturated carbocycles. The van der Waals surface area contributed by atoms with Crippen LogP contribution >= 0.6 is 23.4 Å². The highest BCUT2D eigenvalue weighted by molar-refractivity contribution is 7.99. The Morgan fingerprint density at radius 3 is 2.37 bits per heavy atom. The molecule has 0 aliphatic heterocycles. The Morgan fingerprint density at radius 2 is 1.70 bits per heavy atom. The van der Waals surface area contributed by atoms with Crippen molar-refractivity contribution in [3.05, 3.63) is 71.0 Å². The van der Waals surface area contributed by atoms with Crippen LogP contribution in [0.3, 0.4) is 0 Å². The fourth-order valence-electron chi connectivity index (χ4n) is 2.44. The Kier molecular flexibility index (Phi) is 6.32. The molecule has 0 bridgehead atoms. The van der Waals surface area contributed by atoms with Gasteiger partial charge in [-0.1, -0.05) is 23.7 Å². The third kappa shape index (κ3) is 5.70. The van der Waals surface area contributed by atoms with Crippen molar-refractivity contribution in [2.45, 2.75) is 23.9 Å². The van der Waals surface area contributed by atoms with E-state index in [-0.39, 0.29) is 12.5 Å². The van der Waals surface area contributed by atoms with Crippen LogP contribution in [0.1, 0.15) is 11.4 Å². The van der Waals surface area contributed by atoms with E-state index in [1.165, 1.54) is 11.8 Å². The number of benzene rings is 2. The number of aromatic nitrogens is 2. The topological polar surface area (TPSA) is 66.9 Å².